The van der Waals surface area contributed by atoms with E-state index in [-0.39, 0.29) is 24.9 Å². The number of nitrogens with zero attached hydrogens (tertiary/aromatic N) is 2. The van der Waals surface area contributed by atoms with Gasteiger partial charge in [0.05, 0.1) is 23.7 Å². The summed E-state index contributed by atoms with van der Waals surface area (Å²) >= 11 is 1.36. The molecule has 186 valence electrons. The molecule has 8 nitrogen and oxygen atoms in total. The summed E-state index contributed by atoms with van der Waals surface area (Å²) < 4.78 is 5.72. The second-order valence-electron chi connectivity index (χ2n) is 8.46. The first-order chi connectivity index (χ1) is 18.1. The Morgan fingerprint density at radius 3 is 2.43 bits per heavy atom. The zero-order valence-electron chi connectivity index (χ0n) is 19.7. The molecule has 9 heteroatoms. The Morgan fingerprint density at radius 1 is 0.946 bits per heavy atom. The maximum absolute atomic E-state index is 13.4. The molecule has 2 N–H and O–H groups in total. The van der Waals surface area contributed by atoms with Gasteiger partial charge in [-0.2, -0.15) is 0 Å². The minimum Gasteiger partial charge on any atom is -0.438 e. The number of anilines is 1. The summed E-state index contributed by atoms with van der Waals surface area (Å²) in [6.45, 7) is 0.455. The first-order valence-corrected chi connectivity index (χ1v) is 12.6. The van der Waals surface area contributed by atoms with Crippen LogP contribution in [0, 0.1) is 0 Å². The Bertz CT molecular complexity index is 1360. The van der Waals surface area contributed by atoms with E-state index < -0.39 is 18.2 Å². The van der Waals surface area contributed by atoms with Crippen LogP contribution in [0.3, 0.4) is 0 Å². The molecule has 5 rings (SSSR count). The number of pyridine rings is 1. The highest BCUT2D eigenvalue weighted by Crippen LogP contribution is 2.34. The number of hydrogen-bond acceptors (Lipinski definition) is 6. The highest BCUT2D eigenvalue weighted by molar-refractivity contribution is 7.12. The largest absolute Gasteiger partial charge is 0.438 e. The number of carbonyl (C=O) groups excluding carboxylic acids is 3. The lowest BCUT2D eigenvalue weighted by Crippen LogP contribution is -2.46. The van der Waals surface area contributed by atoms with Crippen molar-refractivity contribution in [3.8, 4) is 0 Å². The van der Waals surface area contributed by atoms with Gasteiger partial charge in [0.1, 0.15) is 0 Å². The van der Waals surface area contributed by atoms with E-state index in [1.807, 2.05) is 53.9 Å². The third-order valence-corrected chi connectivity index (χ3v) is 6.83. The van der Waals surface area contributed by atoms with Crippen molar-refractivity contribution in [2.75, 3.05) is 5.32 Å². The monoisotopic (exact) mass is 512 g/mol. The molecule has 0 bridgehead atoms. The van der Waals surface area contributed by atoms with Gasteiger partial charge in [-0.25, -0.2) is 4.79 Å². The zero-order valence-corrected chi connectivity index (χ0v) is 20.6. The van der Waals surface area contributed by atoms with E-state index in [2.05, 4.69) is 15.6 Å². The molecule has 2 aromatic heterocycles. The number of ether oxygens (including phenoxy) is 1. The predicted molar refractivity (Wildman–Crippen MR) is 140 cm³/mol. The number of nitrogens with one attached hydrogen (secondary N) is 2. The second-order valence-corrected chi connectivity index (χ2v) is 9.40. The van der Waals surface area contributed by atoms with Crippen LogP contribution in [0.4, 0.5) is 10.5 Å². The van der Waals surface area contributed by atoms with Crippen molar-refractivity contribution in [1.82, 2.24) is 15.2 Å². The van der Waals surface area contributed by atoms with Crippen LogP contribution < -0.4 is 10.6 Å². The number of thiophene rings is 1. The molecule has 1 saturated heterocycles. The Balaban J connectivity index is 1.36. The molecule has 3 amide bonds. The summed E-state index contributed by atoms with van der Waals surface area (Å²) in [6.07, 6.45) is 0.274. The molecular formula is C28H24N4O4S. The van der Waals surface area contributed by atoms with Crippen LogP contribution in [0.2, 0.25) is 0 Å². The Morgan fingerprint density at radius 2 is 1.73 bits per heavy atom. The first-order valence-electron chi connectivity index (χ1n) is 11.7. The fourth-order valence-corrected chi connectivity index (χ4v) is 4.75. The Labute approximate surface area is 217 Å². The highest BCUT2D eigenvalue weighted by Gasteiger charge is 2.46. The quantitative estimate of drug-likeness (QED) is 0.354. The first kappa shape index (κ1) is 24.2. The van der Waals surface area contributed by atoms with Crippen LogP contribution in [-0.2, 0) is 22.6 Å². The molecule has 3 heterocycles. The molecule has 2 atom stereocenters. The van der Waals surface area contributed by atoms with Gasteiger partial charge in [0.25, 0.3) is 5.91 Å². The topological polar surface area (TPSA) is 101 Å². The minimum atomic E-state index is -0.886. The molecule has 1 aliphatic heterocycles. The van der Waals surface area contributed by atoms with Crippen molar-refractivity contribution in [3.63, 3.8) is 0 Å². The Hall–Kier alpha value is -4.50. The lowest BCUT2D eigenvalue weighted by molar-refractivity contribution is -0.126. The van der Waals surface area contributed by atoms with E-state index in [0.29, 0.717) is 21.8 Å². The summed E-state index contributed by atoms with van der Waals surface area (Å²) in [7, 11) is 0. The lowest BCUT2D eigenvalue weighted by Gasteiger charge is -2.24. The van der Waals surface area contributed by atoms with Crippen LogP contribution in [0.15, 0.2) is 96.5 Å². The van der Waals surface area contributed by atoms with Crippen LogP contribution in [0.5, 0.6) is 0 Å². The van der Waals surface area contributed by atoms with Gasteiger partial charge in [0, 0.05) is 11.9 Å². The molecule has 0 saturated carbocycles. The van der Waals surface area contributed by atoms with Gasteiger partial charge in [-0.15, -0.1) is 11.3 Å². The molecule has 0 radical (unpaired) electrons. The smallest absolute Gasteiger partial charge is 0.411 e. The fraction of sp³-hybridized carbons (Fsp3) is 0.143. The van der Waals surface area contributed by atoms with E-state index >= 15 is 0 Å². The van der Waals surface area contributed by atoms with Crippen molar-refractivity contribution in [1.29, 1.82) is 0 Å². The fourth-order valence-electron chi connectivity index (χ4n) is 4.13. The average Bonchev–Trinajstić information content (AvgIpc) is 3.58. The number of carbonyl (C=O) groups is 3. The highest BCUT2D eigenvalue weighted by atomic mass is 32.1. The Kier molecular flexibility index (Phi) is 7.23. The van der Waals surface area contributed by atoms with Crippen molar-refractivity contribution in [2.45, 2.75) is 25.2 Å². The summed E-state index contributed by atoms with van der Waals surface area (Å²) in [6, 6.07) is 24.6. The van der Waals surface area contributed by atoms with Crippen molar-refractivity contribution in [2.24, 2.45) is 0 Å². The van der Waals surface area contributed by atoms with Gasteiger partial charge in [0.2, 0.25) is 5.91 Å². The maximum Gasteiger partial charge on any atom is 0.411 e. The molecule has 0 aliphatic carbocycles. The van der Waals surface area contributed by atoms with Crippen LogP contribution in [0.1, 0.15) is 32.6 Å². The standard InChI is InChI=1S/C28H24N4O4S/c33-26(23-10-6-16-37-23)31-21-13-11-20(12-14-21)25-24(27(34)30-17-22-9-4-5-15-29-22)32(28(35)36-25)18-19-7-2-1-3-8-19/h1-16,24-25H,17-18H2,(H,30,34)(H,31,33). The SMILES string of the molecule is O=C(Nc1ccc(C2OC(=O)N(Cc3ccccc3)C2C(=O)NCc2ccccn2)cc1)c1cccs1. The van der Waals surface area contributed by atoms with Gasteiger partial charge in [-0.1, -0.05) is 54.6 Å². The van der Waals surface area contributed by atoms with E-state index in [1.54, 1.807) is 42.6 Å². The molecule has 2 unspecified atom stereocenters. The number of hydrogen-bond donors (Lipinski definition) is 2. The van der Waals surface area contributed by atoms with Crippen LogP contribution in [-0.4, -0.2) is 33.8 Å². The molecule has 0 spiro atoms. The van der Waals surface area contributed by atoms with Gasteiger partial charge in [0.15, 0.2) is 12.1 Å². The number of rotatable bonds is 8. The average molecular weight is 513 g/mol. The molecule has 1 fully saturated rings. The number of cyclic esters (lactones) is 1. The second kappa shape index (κ2) is 11.0. The maximum atomic E-state index is 13.4. The predicted octanol–water partition coefficient (Wildman–Crippen LogP) is 4.77. The summed E-state index contributed by atoms with van der Waals surface area (Å²) in [5.74, 6) is -0.539. The van der Waals surface area contributed by atoms with Gasteiger partial charge >= 0.3 is 6.09 Å². The third-order valence-electron chi connectivity index (χ3n) is 5.96. The van der Waals surface area contributed by atoms with E-state index in [0.717, 1.165) is 5.56 Å². The number of amides is 3. The van der Waals surface area contributed by atoms with Gasteiger partial charge in [-0.05, 0) is 46.8 Å². The molecular weight excluding hydrogens is 488 g/mol. The van der Waals surface area contributed by atoms with E-state index in [4.69, 9.17) is 4.74 Å². The summed E-state index contributed by atoms with van der Waals surface area (Å²) in [5, 5.41) is 7.59. The number of aromatic nitrogens is 1. The third kappa shape index (κ3) is 5.68. The van der Waals surface area contributed by atoms with E-state index in [1.165, 1.54) is 16.2 Å². The van der Waals surface area contributed by atoms with E-state index in [9.17, 15) is 14.4 Å². The number of benzene rings is 2. The molecule has 1 aliphatic rings. The van der Waals surface area contributed by atoms with Crippen molar-refractivity contribution >= 4 is 34.9 Å². The molecule has 4 aromatic rings. The van der Waals surface area contributed by atoms with Gasteiger partial charge < -0.3 is 15.4 Å². The van der Waals surface area contributed by atoms with Crippen molar-refractivity contribution in [3.05, 3.63) is 118 Å². The summed E-state index contributed by atoms with van der Waals surface area (Å²) in [5.41, 5.74) is 2.84. The molecule has 37 heavy (non-hydrogen) atoms. The lowest BCUT2D eigenvalue weighted by atomic mass is 10.00. The normalized spacial score (nSPS) is 16.8. The van der Waals surface area contributed by atoms with Crippen LogP contribution >= 0.6 is 11.3 Å². The minimum absolute atomic E-state index is 0.198. The van der Waals surface area contributed by atoms with Gasteiger partial charge in [-0.3, -0.25) is 19.5 Å². The summed E-state index contributed by atoms with van der Waals surface area (Å²) in [4.78, 5) is 45.0. The van der Waals surface area contributed by atoms with Crippen LogP contribution in [0.25, 0.3) is 0 Å². The zero-order chi connectivity index (χ0) is 25.6. The molecule has 2 aromatic carbocycles. The van der Waals surface area contributed by atoms with Crippen molar-refractivity contribution < 1.29 is 19.1 Å².